The fourth-order valence-corrected chi connectivity index (χ4v) is 3.95. The molecule has 1 aromatic carbocycles. The second-order valence-electron chi connectivity index (χ2n) is 8.45. The number of anilines is 1. The van der Waals surface area contributed by atoms with Crippen molar-refractivity contribution in [2.24, 2.45) is 0 Å². The molecule has 4 heterocycles. The molecule has 0 spiro atoms. The van der Waals surface area contributed by atoms with E-state index >= 15 is 0 Å². The third-order valence-corrected chi connectivity index (χ3v) is 5.97. The number of nitrogens with zero attached hydrogens (tertiary/aromatic N) is 5. The third kappa shape index (κ3) is 4.14. The van der Waals surface area contributed by atoms with Crippen LogP contribution in [-0.4, -0.2) is 40.7 Å². The van der Waals surface area contributed by atoms with E-state index in [9.17, 15) is 5.11 Å². The molecule has 0 saturated heterocycles. The Morgan fingerprint density at radius 2 is 1.85 bits per heavy atom. The first-order valence-electron chi connectivity index (χ1n) is 11.3. The van der Waals surface area contributed by atoms with Gasteiger partial charge in [0.25, 0.3) is 0 Å². The van der Waals surface area contributed by atoms with E-state index in [-0.39, 0.29) is 0 Å². The lowest BCUT2D eigenvalue weighted by Crippen LogP contribution is -2.22. The molecule has 9 nitrogen and oxygen atoms in total. The van der Waals surface area contributed by atoms with Crippen LogP contribution in [0, 0.1) is 0 Å². The number of hydrogen-bond donors (Lipinski definition) is 4. The van der Waals surface area contributed by atoms with Crippen LogP contribution < -0.4 is 10.6 Å². The molecular formula is C25H24N8O. The minimum atomic E-state index is -0.649. The van der Waals surface area contributed by atoms with Crippen LogP contribution in [0.2, 0.25) is 0 Å². The van der Waals surface area contributed by atoms with E-state index in [1.807, 2.05) is 59.3 Å². The number of pyridine rings is 1. The number of benzene rings is 1. The van der Waals surface area contributed by atoms with Gasteiger partial charge in [-0.15, -0.1) is 0 Å². The Balaban J connectivity index is 1.38. The maximum atomic E-state index is 10.4. The Kier molecular flexibility index (Phi) is 5.25. The van der Waals surface area contributed by atoms with Crippen LogP contribution in [0.3, 0.4) is 0 Å². The summed E-state index contributed by atoms with van der Waals surface area (Å²) in [6.45, 7) is 0.547. The molecule has 0 bridgehead atoms. The molecule has 0 aliphatic heterocycles. The molecule has 0 amide bonds. The molecule has 1 aliphatic carbocycles. The minimum Gasteiger partial charge on any atom is -0.374 e. The minimum absolute atomic E-state index is 0.431. The van der Waals surface area contributed by atoms with Crippen LogP contribution in [0.1, 0.15) is 30.3 Å². The van der Waals surface area contributed by atoms with E-state index in [0.29, 0.717) is 18.4 Å². The van der Waals surface area contributed by atoms with Gasteiger partial charge in [-0.1, -0.05) is 24.3 Å². The Morgan fingerprint density at radius 1 is 1.03 bits per heavy atom. The largest absolute Gasteiger partial charge is 0.374 e. The summed E-state index contributed by atoms with van der Waals surface area (Å²) >= 11 is 0. The Labute approximate surface area is 195 Å². The highest BCUT2D eigenvalue weighted by Gasteiger charge is 2.24. The molecule has 1 unspecified atom stereocenters. The van der Waals surface area contributed by atoms with Gasteiger partial charge in [-0.05, 0) is 36.6 Å². The molecule has 1 aliphatic rings. The first-order valence-corrected chi connectivity index (χ1v) is 11.3. The fourth-order valence-electron chi connectivity index (χ4n) is 3.95. The number of fused-ring (bicyclic) bond motifs is 1. The highest BCUT2D eigenvalue weighted by atomic mass is 16.3. The van der Waals surface area contributed by atoms with Gasteiger partial charge < -0.3 is 10.4 Å². The van der Waals surface area contributed by atoms with E-state index in [1.165, 1.54) is 0 Å². The Bertz CT molecular complexity index is 1390. The SMILES string of the molecule is OC(NC1CC1)c1ccc(-c2cnc3c(NCc4ccn[nH]4)nc(-c4ccncc4)cn23)cc1. The summed E-state index contributed by atoms with van der Waals surface area (Å²) in [5, 5.41) is 24.0. The molecule has 9 heteroatoms. The first kappa shape index (κ1) is 20.5. The van der Waals surface area contributed by atoms with E-state index in [0.717, 1.165) is 52.3 Å². The van der Waals surface area contributed by atoms with Crippen molar-refractivity contribution in [3.8, 4) is 22.5 Å². The predicted molar refractivity (Wildman–Crippen MR) is 129 cm³/mol. The molecule has 1 saturated carbocycles. The number of hydrogen-bond acceptors (Lipinski definition) is 7. The van der Waals surface area contributed by atoms with Crippen molar-refractivity contribution < 1.29 is 5.11 Å². The van der Waals surface area contributed by atoms with E-state index in [4.69, 9.17) is 4.98 Å². The van der Waals surface area contributed by atoms with E-state index < -0.39 is 6.23 Å². The topological polar surface area (TPSA) is 116 Å². The summed E-state index contributed by atoms with van der Waals surface area (Å²) in [5.74, 6) is 0.677. The number of aliphatic hydroxyl groups excluding tert-OH is 1. The number of imidazole rings is 1. The maximum Gasteiger partial charge on any atom is 0.180 e. The van der Waals surface area contributed by atoms with Gasteiger partial charge in [-0.3, -0.25) is 19.8 Å². The molecule has 4 aromatic heterocycles. The van der Waals surface area contributed by atoms with Crippen molar-refractivity contribution in [1.82, 2.24) is 34.9 Å². The van der Waals surface area contributed by atoms with Crippen LogP contribution in [0.4, 0.5) is 5.82 Å². The number of aliphatic hydroxyl groups is 1. The fraction of sp³-hybridized carbons (Fsp3) is 0.200. The van der Waals surface area contributed by atoms with E-state index in [1.54, 1.807) is 18.6 Å². The van der Waals surface area contributed by atoms with E-state index in [2.05, 4.69) is 30.8 Å². The number of nitrogens with one attached hydrogen (secondary N) is 3. The number of rotatable bonds is 8. The zero-order valence-corrected chi connectivity index (χ0v) is 18.4. The summed E-state index contributed by atoms with van der Waals surface area (Å²) in [5.41, 5.74) is 6.25. The zero-order chi connectivity index (χ0) is 22.9. The maximum absolute atomic E-state index is 10.4. The molecule has 0 radical (unpaired) electrons. The standard InChI is InChI=1S/C25H24N8O/c34-25(30-19-5-6-19)18-3-1-17(2-4-18)22-14-28-24-23(27-13-20-9-12-29-32-20)31-21(15-33(22)24)16-7-10-26-11-8-16/h1-4,7-12,14-15,19,25,30,34H,5-6,13H2,(H,27,31)(H,29,32). The lowest BCUT2D eigenvalue weighted by molar-refractivity contribution is 0.137. The van der Waals surface area contributed by atoms with Gasteiger partial charge in [0, 0.05) is 42.0 Å². The normalized spacial score (nSPS) is 14.4. The van der Waals surface area contributed by atoms with Crippen LogP contribution in [-0.2, 0) is 6.54 Å². The second-order valence-corrected chi connectivity index (χ2v) is 8.45. The summed E-state index contributed by atoms with van der Waals surface area (Å²) in [7, 11) is 0. The van der Waals surface area contributed by atoms with Crippen molar-refractivity contribution in [2.45, 2.75) is 31.7 Å². The molecule has 6 rings (SSSR count). The summed E-state index contributed by atoms with van der Waals surface area (Å²) in [4.78, 5) is 13.6. The highest BCUT2D eigenvalue weighted by molar-refractivity contribution is 5.74. The van der Waals surface area contributed by atoms with Gasteiger partial charge in [-0.25, -0.2) is 9.97 Å². The monoisotopic (exact) mass is 452 g/mol. The molecule has 1 atom stereocenters. The van der Waals surface area contributed by atoms with Crippen molar-refractivity contribution in [3.05, 3.63) is 84.7 Å². The van der Waals surface area contributed by atoms with Crippen LogP contribution >= 0.6 is 0 Å². The van der Waals surface area contributed by atoms with Gasteiger partial charge in [0.15, 0.2) is 11.5 Å². The summed E-state index contributed by atoms with van der Waals surface area (Å²) in [6.07, 6.45) is 10.7. The van der Waals surface area contributed by atoms with Gasteiger partial charge in [0.2, 0.25) is 0 Å². The second kappa shape index (κ2) is 8.69. The predicted octanol–water partition coefficient (Wildman–Crippen LogP) is 3.54. The molecule has 5 aromatic rings. The third-order valence-electron chi connectivity index (χ3n) is 5.97. The number of aromatic amines is 1. The Morgan fingerprint density at radius 3 is 2.59 bits per heavy atom. The van der Waals surface area contributed by atoms with Crippen LogP contribution in [0.25, 0.3) is 28.2 Å². The van der Waals surface area contributed by atoms with Crippen molar-refractivity contribution in [2.75, 3.05) is 5.32 Å². The highest BCUT2D eigenvalue weighted by Crippen LogP contribution is 2.29. The van der Waals surface area contributed by atoms with Crippen LogP contribution in [0.5, 0.6) is 0 Å². The van der Waals surface area contributed by atoms with Gasteiger partial charge >= 0.3 is 0 Å². The first-order chi connectivity index (χ1) is 16.7. The average molecular weight is 453 g/mol. The molecule has 170 valence electrons. The van der Waals surface area contributed by atoms with Gasteiger partial charge in [0.1, 0.15) is 6.23 Å². The molecule has 1 fully saturated rings. The quantitative estimate of drug-likeness (QED) is 0.266. The van der Waals surface area contributed by atoms with Crippen molar-refractivity contribution >= 4 is 11.5 Å². The molecule has 34 heavy (non-hydrogen) atoms. The van der Waals surface area contributed by atoms with Crippen LogP contribution in [0.15, 0.2) is 73.4 Å². The van der Waals surface area contributed by atoms with Gasteiger partial charge in [0.05, 0.1) is 29.8 Å². The Hall–Kier alpha value is -4.08. The van der Waals surface area contributed by atoms with Crippen molar-refractivity contribution in [1.29, 1.82) is 0 Å². The van der Waals surface area contributed by atoms with Gasteiger partial charge in [-0.2, -0.15) is 5.10 Å². The smallest absolute Gasteiger partial charge is 0.180 e. The van der Waals surface area contributed by atoms with Crippen molar-refractivity contribution in [3.63, 3.8) is 0 Å². The number of H-pyrrole nitrogens is 1. The lowest BCUT2D eigenvalue weighted by atomic mass is 10.1. The lowest BCUT2D eigenvalue weighted by Gasteiger charge is -2.13. The summed E-state index contributed by atoms with van der Waals surface area (Å²) in [6, 6.07) is 14.2. The number of aromatic nitrogens is 6. The molecular weight excluding hydrogens is 428 g/mol. The summed E-state index contributed by atoms with van der Waals surface area (Å²) < 4.78 is 2.05. The molecule has 4 N–H and O–H groups in total. The average Bonchev–Trinajstić information content (AvgIpc) is 3.35. The zero-order valence-electron chi connectivity index (χ0n) is 18.4.